The molecule has 0 N–H and O–H groups in total. The van der Waals surface area contributed by atoms with Crippen molar-refractivity contribution < 1.29 is 9.21 Å². The van der Waals surface area contributed by atoms with E-state index in [-0.39, 0.29) is 5.78 Å². The summed E-state index contributed by atoms with van der Waals surface area (Å²) in [6, 6.07) is 9.67. The quantitative estimate of drug-likeness (QED) is 0.713. The van der Waals surface area contributed by atoms with Crippen LogP contribution in [0.4, 0.5) is 0 Å². The zero-order chi connectivity index (χ0) is 10.7. The molecule has 2 rings (SSSR count). The Bertz CT molecular complexity index is 438. The van der Waals surface area contributed by atoms with E-state index < -0.39 is 0 Å². The van der Waals surface area contributed by atoms with E-state index in [2.05, 4.69) is 0 Å². The van der Waals surface area contributed by atoms with Crippen molar-refractivity contribution in [3.05, 3.63) is 59.5 Å². The molecule has 1 aromatic heterocycles. The lowest BCUT2D eigenvalue weighted by Gasteiger charge is -1.99. The van der Waals surface area contributed by atoms with Crippen LogP contribution in [0.2, 0.25) is 0 Å². The molecule has 0 radical (unpaired) electrons. The standard InChI is InChI=1S/C13H12O2/c1-10-2-4-11(5-3-10)8-13(14)12-6-7-15-9-12/h2-7,9H,8H2,1H3. The van der Waals surface area contributed by atoms with Gasteiger partial charge in [0.25, 0.3) is 0 Å². The molecule has 0 aliphatic heterocycles. The predicted molar refractivity (Wildman–Crippen MR) is 57.9 cm³/mol. The maximum atomic E-state index is 11.7. The van der Waals surface area contributed by atoms with Gasteiger partial charge in [0, 0.05) is 6.42 Å². The maximum Gasteiger partial charge on any atom is 0.170 e. The molecule has 2 aromatic rings. The van der Waals surface area contributed by atoms with Crippen LogP contribution in [0.5, 0.6) is 0 Å². The van der Waals surface area contributed by atoms with Gasteiger partial charge in [0.1, 0.15) is 6.26 Å². The Hall–Kier alpha value is -1.83. The topological polar surface area (TPSA) is 30.2 Å². The molecule has 0 saturated carbocycles. The average Bonchev–Trinajstić information content (AvgIpc) is 2.74. The molecule has 2 heteroatoms. The second-order valence-electron chi connectivity index (χ2n) is 3.60. The van der Waals surface area contributed by atoms with Gasteiger partial charge in [-0.15, -0.1) is 0 Å². The van der Waals surface area contributed by atoms with Crippen molar-refractivity contribution in [2.75, 3.05) is 0 Å². The fraction of sp³-hybridized carbons (Fsp3) is 0.154. The monoisotopic (exact) mass is 200 g/mol. The lowest BCUT2D eigenvalue weighted by Crippen LogP contribution is -2.01. The van der Waals surface area contributed by atoms with Crippen molar-refractivity contribution in [3.8, 4) is 0 Å². The average molecular weight is 200 g/mol. The van der Waals surface area contributed by atoms with Crippen LogP contribution >= 0.6 is 0 Å². The van der Waals surface area contributed by atoms with Gasteiger partial charge in [-0.3, -0.25) is 4.79 Å². The van der Waals surface area contributed by atoms with E-state index in [1.54, 1.807) is 6.07 Å². The van der Waals surface area contributed by atoms with E-state index in [0.717, 1.165) is 5.56 Å². The summed E-state index contributed by atoms with van der Waals surface area (Å²) in [4.78, 5) is 11.7. The third kappa shape index (κ3) is 2.34. The van der Waals surface area contributed by atoms with Gasteiger partial charge in [-0.25, -0.2) is 0 Å². The Morgan fingerprint density at radius 3 is 2.53 bits per heavy atom. The van der Waals surface area contributed by atoms with Crippen LogP contribution in [0.1, 0.15) is 21.5 Å². The van der Waals surface area contributed by atoms with E-state index in [1.807, 2.05) is 31.2 Å². The summed E-state index contributed by atoms with van der Waals surface area (Å²) in [6.07, 6.45) is 3.43. The van der Waals surface area contributed by atoms with E-state index in [0.29, 0.717) is 12.0 Å². The van der Waals surface area contributed by atoms with E-state index in [4.69, 9.17) is 4.42 Å². The van der Waals surface area contributed by atoms with Crippen LogP contribution in [-0.4, -0.2) is 5.78 Å². The number of rotatable bonds is 3. The van der Waals surface area contributed by atoms with Gasteiger partial charge in [-0.1, -0.05) is 29.8 Å². The van der Waals surface area contributed by atoms with Gasteiger partial charge in [0.2, 0.25) is 0 Å². The van der Waals surface area contributed by atoms with Crippen LogP contribution in [-0.2, 0) is 6.42 Å². The first kappa shape index (κ1) is 9.71. The molecule has 1 heterocycles. The minimum absolute atomic E-state index is 0.0904. The molecule has 0 aliphatic rings. The second-order valence-corrected chi connectivity index (χ2v) is 3.60. The van der Waals surface area contributed by atoms with Gasteiger partial charge in [0.15, 0.2) is 5.78 Å². The summed E-state index contributed by atoms with van der Waals surface area (Å²) in [5.41, 5.74) is 2.87. The second kappa shape index (κ2) is 4.13. The zero-order valence-corrected chi connectivity index (χ0v) is 8.57. The van der Waals surface area contributed by atoms with Gasteiger partial charge in [-0.05, 0) is 18.6 Å². The number of furan rings is 1. The molecule has 0 spiro atoms. The Balaban J connectivity index is 2.09. The number of aryl methyl sites for hydroxylation is 1. The molecule has 0 saturated heterocycles. The van der Waals surface area contributed by atoms with Crippen LogP contribution in [0, 0.1) is 6.92 Å². The third-order valence-corrected chi connectivity index (χ3v) is 2.33. The third-order valence-electron chi connectivity index (χ3n) is 2.33. The van der Waals surface area contributed by atoms with Crippen molar-refractivity contribution in [3.63, 3.8) is 0 Å². The summed E-state index contributed by atoms with van der Waals surface area (Å²) in [6.45, 7) is 2.03. The highest BCUT2D eigenvalue weighted by molar-refractivity contribution is 5.97. The first-order valence-corrected chi connectivity index (χ1v) is 4.86. The summed E-state index contributed by atoms with van der Waals surface area (Å²) in [7, 11) is 0. The molecular formula is C13H12O2. The summed E-state index contributed by atoms with van der Waals surface area (Å²) in [5, 5.41) is 0. The number of carbonyl (C=O) groups excluding carboxylic acids is 1. The van der Waals surface area contributed by atoms with Crippen LogP contribution in [0.25, 0.3) is 0 Å². The van der Waals surface area contributed by atoms with E-state index in [9.17, 15) is 4.79 Å². The Kier molecular flexibility index (Phi) is 2.68. The summed E-state index contributed by atoms with van der Waals surface area (Å²) in [5.74, 6) is 0.0904. The van der Waals surface area contributed by atoms with Gasteiger partial charge < -0.3 is 4.42 Å². The number of Topliss-reactive ketones (excluding diaryl/α,β-unsaturated/α-hetero) is 1. The normalized spacial score (nSPS) is 10.2. The number of hydrogen-bond donors (Lipinski definition) is 0. The predicted octanol–water partition coefficient (Wildman–Crippen LogP) is 3.01. The van der Waals surface area contributed by atoms with Crippen molar-refractivity contribution in [1.82, 2.24) is 0 Å². The highest BCUT2D eigenvalue weighted by atomic mass is 16.3. The summed E-state index contributed by atoms with van der Waals surface area (Å²) < 4.78 is 4.87. The van der Waals surface area contributed by atoms with E-state index >= 15 is 0 Å². The fourth-order valence-electron chi connectivity index (χ4n) is 1.42. The highest BCUT2D eigenvalue weighted by Gasteiger charge is 2.07. The molecule has 0 amide bonds. The highest BCUT2D eigenvalue weighted by Crippen LogP contribution is 2.09. The minimum atomic E-state index is 0.0904. The van der Waals surface area contributed by atoms with Crippen LogP contribution in [0.3, 0.4) is 0 Å². The SMILES string of the molecule is Cc1ccc(CC(=O)c2ccoc2)cc1. The number of carbonyl (C=O) groups is 1. The molecule has 0 unspecified atom stereocenters. The Morgan fingerprint density at radius 1 is 1.20 bits per heavy atom. The molecule has 0 bridgehead atoms. The molecule has 0 atom stereocenters. The first-order valence-electron chi connectivity index (χ1n) is 4.86. The number of hydrogen-bond acceptors (Lipinski definition) is 2. The minimum Gasteiger partial charge on any atom is -0.472 e. The Morgan fingerprint density at radius 2 is 1.93 bits per heavy atom. The van der Waals surface area contributed by atoms with Crippen molar-refractivity contribution >= 4 is 5.78 Å². The van der Waals surface area contributed by atoms with Gasteiger partial charge >= 0.3 is 0 Å². The first-order chi connectivity index (χ1) is 7.25. The lowest BCUT2D eigenvalue weighted by atomic mass is 10.0. The van der Waals surface area contributed by atoms with Gasteiger partial charge in [-0.2, -0.15) is 0 Å². The van der Waals surface area contributed by atoms with Crippen molar-refractivity contribution in [1.29, 1.82) is 0 Å². The van der Waals surface area contributed by atoms with E-state index in [1.165, 1.54) is 18.1 Å². The number of ketones is 1. The fourth-order valence-corrected chi connectivity index (χ4v) is 1.42. The molecule has 76 valence electrons. The molecular weight excluding hydrogens is 188 g/mol. The zero-order valence-electron chi connectivity index (χ0n) is 8.57. The van der Waals surface area contributed by atoms with Crippen LogP contribution < -0.4 is 0 Å². The maximum absolute atomic E-state index is 11.7. The van der Waals surface area contributed by atoms with Crippen molar-refractivity contribution in [2.45, 2.75) is 13.3 Å². The molecule has 1 aromatic carbocycles. The molecule has 0 aliphatic carbocycles. The lowest BCUT2D eigenvalue weighted by molar-refractivity contribution is 0.0992. The summed E-state index contributed by atoms with van der Waals surface area (Å²) >= 11 is 0. The van der Waals surface area contributed by atoms with Gasteiger partial charge in [0.05, 0.1) is 11.8 Å². The van der Waals surface area contributed by atoms with Crippen LogP contribution in [0.15, 0.2) is 47.3 Å². The molecule has 2 nitrogen and oxygen atoms in total. The molecule has 0 fully saturated rings. The largest absolute Gasteiger partial charge is 0.472 e. The smallest absolute Gasteiger partial charge is 0.170 e. The van der Waals surface area contributed by atoms with Crippen molar-refractivity contribution in [2.24, 2.45) is 0 Å². The molecule has 15 heavy (non-hydrogen) atoms. The Labute approximate surface area is 88.5 Å². The number of benzene rings is 1.